The average molecular weight is 154 g/mol. The molecule has 0 saturated carbocycles. The number of aldehydes is 1. The highest BCUT2D eigenvalue weighted by Crippen LogP contribution is 2.09. The Morgan fingerprint density at radius 1 is 1.70 bits per heavy atom. The number of nitrogens with zero attached hydrogens (tertiary/aromatic N) is 1. The van der Waals surface area contributed by atoms with Crippen molar-refractivity contribution in [1.29, 1.82) is 0 Å². The Hall–Kier alpha value is -1.16. The van der Waals surface area contributed by atoms with Gasteiger partial charge in [0.15, 0.2) is 5.13 Å². The number of anilines is 1. The summed E-state index contributed by atoms with van der Waals surface area (Å²) in [5.74, 6) is 0. The highest BCUT2D eigenvalue weighted by molar-refractivity contribution is 7.13. The van der Waals surface area contributed by atoms with Gasteiger partial charge in [0, 0.05) is 17.8 Å². The van der Waals surface area contributed by atoms with Crippen LogP contribution in [0.25, 0.3) is 0 Å². The number of nitrogens with one attached hydrogen (secondary N) is 1. The lowest BCUT2D eigenvalue weighted by molar-refractivity contribution is -0.104. The molecular formula is C6H6N2OS. The molecule has 0 bridgehead atoms. The fourth-order valence-electron chi connectivity index (χ4n) is 0.453. The van der Waals surface area contributed by atoms with Gasteiger partial charge in [-0.15, -0.1) is 11.3 Å². The molecule has 0 radical (unpaired) electrons. The molecule has 0 unspecified atom stereocenters. The van der Waals surface area contributed by atoms with Crippen LogP contribution in [0.4, 0.5) is 5.13 Å². The Kier molecular flexibility index (Phi) is 2.63. The van der Waals surface area contributed by atoms with Gasteiger partial charge < -0.3 is 5.32 Å². The summed E-state index contributed by atoms with van der Waals surface area (Å²) in [5.41, 5.74) is 0. The molecule has 0 spiro atoms. The van der Waals surface area contributed by atoms with Crippen LogP contribution in [0.3, 0.4) is 0 Å². The average Bonchev–Trinajstić information content (AvgIpc) is 2.41. The Morgan fingerprint density at radius 2 is 2.60 bits per heavy atom. The molecule has 0 aromatic carbocycles. The summed E-state index contributed by atoms with van der Waals surface area (Å²) in [7, 11) is 0. The molecule has 0 atom stereocenters. The smallest absolute Gasteiger partial charge is 0.186 e. The van der Waals surface area contributed by atoms with Gasteiger partial charge in [-0.25, -0.2) is 4.98 Å². The van der Waals surface area contributed by atoms with Crippen molar-refractivity contribution in [1.82, 2.24) is 4.98 Å². The third-order valence-corrected chi connectivity index (χ3v) is 1.52. The van der Waals surface area contributed by atoms with Gasteiger partial charge in [0.2, 0.25) is 0 Å². The maximum absolute atomic E-state index is 9.79. The summed E-state index contributed by atoms with van der Waals surface area (Å²) < 4.78 is 0. The van der Waals surface area contributed by atoms with E-state index in [9.17, 15) is 4.79 Å². The van der Waals surface area contributed by atoms with Crippen molar-refractivity contribution in [2.24, 2.45) is 0 Å². The van der Waals surface area contributed by atoms with E-state index in [1.54, 1.807) is 12.4 Å². The molecule has 10 heavy (non-hydrogen) atoms. The normalized spacial score (nSPS) is 10.0. The molecule has 1 aromatic heterocycles. The predicted molar refractivity (Wildman–Crippen MR) is 40.9 cm³/mol. The van der Waals surface area contributed by atoms with Crippen molar-refractivity contribution in [3.8, 4) is 0 Å². The van der Waals surface area contributed by atoms with Crippen molar-refractivity contribution in [2.45, 2.75) is 0 Å². The molecular weight excluding hydrogens is 148 g/mol. The quantitative estimate of drug-likeness (QED) is 0.526. The van der Waals surface area contributed by atoms with E-state index < -0.39 is 0 Å². The maximum atomic E-state index is 9.79. The Morgan fingerprint density at radius 3 is 3.20 bits per heavy atom. The number of hydrogen-bond acceptors (Lipinski definition) is 4. The molecule has 1 aromatic rings. The second kappa shape index (κ2) is 3.79. The topological polar surface area (TPSA) is 42.0 Å². The zero-order chi connectivity index (χ0) is 7.23. The van der Waals surface area contributed by atoms with E-state index in [0.29, 0.717) is 6.29 Å². The van der Waals surface area contributed by atoms with Gasteiger partial charge in [0.05, 0.1) is 0 Å². The third kappa shape index (κ3) is 1.99. The lowest BCUT2D eigenvalue weighted by Crippen LogP contribution is -1.84. The van der Waals surface area contributed by atoms with E-state index in [0.717, 1.165) is 5.13 Å². The molecule has 1 N–H and O–H groups in total. The van der Waals surface area contributed by atoms with Crippen LogP contribution in [0.1, 0.15) is 0 Å². The van der Waals surface area contributed by atoms with Gasteiger partial charge in [-0.3, -0.25) is 4.79 Å². The number of thiazole rings is 1. The van der Waals surface area contributed by atoms with Gasteiger partial charge >= 0.3 is 0 Å². The second-order valence-corrected chi connectivity index (χ2v) is 2.37. The number of carbonyl (C=O) groups excluding carboxylic acids is 1. The SMILES string of the molecule is O=CC=CNc1nccs1. The van der Waals surface area contributed by atoms with E-state index in [1.165, 1.54) is 17.4 Å². The first-order valence-corrected chi connectivity index (χ1v) is 3.58. The fourth-order valence-corrected chi connectivity index (χ4v) is 0.962. The Balaban J connectivity index is 2.41. The first-order chi connectivity index (χ1) is 4.93. The van der Waals surface area contributed by atoms with Crippen LogP contribution in [0.5, 0.6) is 0 Å². The molecule has 0 aliphatic carbocycles. The monoisotopic (exact) mass is 154 g/mol. The van der Waals surface area contributed by atoms with Crippen LogP contribution in [-0.4, -0.2) is 11.3 Å². The first-order valence-electron chi connectivity index (χ1n) is 2.70. The van der Waals surface area contributed by atoms with Crippen molar-refractivity contribution in [3.63, 3.8) is 0 Å². The fraction of sp³-hybridized carbons (Fsp3) is 0. The van der Waals surface area contributed by atoms with Crippen LogP contribution < -0.4 is 5.32 Å². The molecule has 4 heteroatoms. The van der Waals surface area contributed by atoms with Gasteiger partial charge in [0.1, 0.15) is 6.29 Å². The highest BCUT2D eigenvalue weighted by Gasteiger charge is 1.85. The molecule has 0 saturated heterocycles. The number of allylic oxidation sites excluding steroid dienone is 1. The lowest BCUT2D eigenvalue weighted by Gasteiger charge is -1.88. The van der Waals surface area contributed by atoms with Crippen LogP contribution in [0.15, 0.2) is 23.9 Å². The van der Waals surface area contributed by atoms with E-state index in [2.05, 4.69) is 10.3 Å². The summed E-state index contributed by atoms with van der Waals surface area (Å²) >= 11 is 1.48. The Labute approximate surface area is 62.4 Å². The zero-order valence-corrected chi connectivity index (χ0v) is 5.97. The van der Waals surface area contributed by atoms with E-state index in [1.807, 2.05) is 5.38 Å². The second-order valence-electron chi connectivity index (χ2n) is 1.48. The standard InChI is InChI=1S/C6H6N2OS/c9-4-1-2-7-6-8-3-5-10-6/h1-5H,(H,7,8). The maximum Gasteiger partial charge on any atom is 0.186 e. The summed E-state index contributed by atoms with van der Waals surface area (Å²) in [6, 6.07) is 0. The molecule has 1 rings (SSSR count). The van der Waals surface area contributed by atoms with Crippen molar-refractivity contribution in [3.05, 3.63) is 23.9 Å². The lowest BCUT2D eigenvalue weighted by atomic mass is 10.7. The number of rotatable bonds is 3. The molecule has 52 valence electrons. The molecule has 1 heterocycles. The summed E-state index contributed by atoms with van der Waals surface area (Å²) in [5, 5.41) is 5.47. The van der Waals surface area contributed by atoms with Crippen molar-refractivity contribution in [2.75, 3.05) is 5.32 Å². The number of aromatic nitrogens is 1. The molecule has 0 amide bonds. The molecule has 0 aliphatic rings. The van der Waals surface area contributed by atoms with Crippen molar-refractivity contribution < 1.29 is 4.79 Å². The van der Waals surface area contributed by atoms with Crippen molar-refractivity contribution >= 4 is 22.8 Å². The molecule has 3 nitrogen and oxygen atoms in total. The Bertz CT molecular complexity index is 218. The number of carbonyl (C=O) groups is 1. The van der Waals surface area contributed by atoms with Gasteiger partial charge in [0.25, 0.3) is 0 Å². The highest BCUT2D eigenvalue weighted by atomic mass is 32.1. The largest absolute Gasteiger partial charge is 0.338 e. The third-order valence-electron chi connectivity index (χ3n) is 0.814. The van der Waals surface area contributed by atoms with Crippen LogP contribution in [-0.2, 0) is 4.79 Å². The minimum atomic E-state index is 0.709. The number of hydrogen-bond donors (Lipinski definition) is 1. The van der Waals surface area contributed by atoms with Gasteiger partial charge in [-0.2, -0.15) is 0 Å². The summed E-state index contributed by atoms with van der Waals surface area (Å²) in [4.78, 5) is 13.7. The molecule has 0 fully saturated rings. The minimum Gasteiger partial charge on any atom is -0.338 e. The van der Waals surface area contributed by atoms with Crippen LogP contribution >= 0.6 is 11.3 Å². The predicted octanol–water partition coefficient (Wildman–Crippen LogP) is 1.27. The van der Waals surface area contributed by atoms with Gasteiger partial charge in [-0.05, 0) is 6.08 Å². The van der Waals surface area contributed by atoms with E-state index in [4.69, 9.17) is 0 Å². The van der Waals surface area contributed by atoms with Gasteiger partial charge in [-0.1, -0.05) is 0 Å². The minimum absolute atomic E-state index is 0.709. The van der Waals surface area contributed by atoms with E-state index in [-0.39, 0.29) is 0 Å². The summed E-state index contributed by atoms with van der Waals surface area (Å²) in [6.07, 6.45) is 5.33. The first kappa shape index (κ1) is 6.95. The zero-order valence-electron chi connectivity index (χ0n) is 5.15. The van der Waals surface area contributed by atoms with E-state index >= 15 is 0 Å². The summed E-state index contributed by atoms with van der Waals surface area (Å²) in [6.45, 7) is 0. The van der Waals surface area contributed by atoms with Crippen LogP contribution in [0.2, 0.25) is 0 Å². The van der Waals surface area contributed by atoms with Crippen LogP contribution in [0, 0.1) is 0 Å². The molecule has 0 aliphatic heterocycles.